The Morgan fingerprint density at radius 1 is 0.438 bits per heavy atom. The van der Waals surface area contributed by atoms with Crippen molar-refractivity contribution in [2.45, 2.75) is 0 Å². The monoisotopic (exact) mass is 414 g/mol. The highest BCUT2D eigenvalue weighted by molar-refractivity contribution is 5.82. The van der Waals surface area contributed by atoms with Crippen molar-refractivity contribution in [3.63, 3.8) is 0 Å². The van der Waals surface area contributed by atoms with E-state index in [0.717, 1.165) is 44.8 Å². The predicted octanol–water partition coefficient (Wildman–Crippen LogP) is 6.46. The Labute approximate surface area is 186 Å². The average Bonchev–Trinajstić information content (AvgIpc) is 3.37. The van der Waals surface area contributed by atoms with Gasteiger partial charge in [-0.3, -0.25) is 0 Å². The molecule has 6 aromatic rings. The van der Waals surface area contributed by atoms with E-state index in [1.54, 1.807) is 0 Å². The third-order valence-corrected chi connectivity index (χ3v) is 6.19. The number of fused-ring (bicyclic) bond motifs is 2. The Kier molecular flexibility index (Phi) is 4.18. The Balaban J connectivity index is 1.32. The predicted molar refractivity (Wildman–Crippen MR) is 131 cm³/mol. The summed E-state index contributed by atoms with van der Waals surface area (Å²) in [4.78, 5) is 9.62. The summed E-state index contributed by atoms with van der Waals surface area (Å²) in [6.07, 6.45) is 0. The molecule has 0 aliphatic heterocycles. The van der Waals surface area contributed by atoms with Crippen LogP contribution in [-0.4, -0.2) is 19.1 Å². The molecule has 2 aromatic heterocycles. The largest absolute Gasteiger partial charge is 0.327 e. The van der Waals surface area contributed by atoms with Crippen molar-refractivity contribution in [1.82, 2.24) is 19.1 Å². The molecule has 4 aromatic carbocycles. The van der Waals surface area contributed by atoms with Gasteiger partial charge in [-0.2, -0.15) is 0 Å². The molecule has 0 radical (unpaired) electrons. The van der Waals surface area contributed by atoms with Gasteiger partial charge in [0.15, 0.2) is 0 Å². The molecular weight excluding hydrogens is 392 g/mol. The minimum Gasteiger partial charge on any atom is -0.327 e. The van der Waals surface area contributed by atoms with Crippen molar-refractivity contribution < 1.29 is 0 Å². The second-order valence-corrected chi connectivity index (χ2v) is 8.12. The highest BCUT2D eigenvalue weighted by Crippen LogP contribution is 2.29. The van der Waals surface area contributed by atoms with Crippen LogP contribution < -0.4 is 0 Å². The number of para-hydroxylation sites is 4. The molecule has 0 fully saturated rings. The van der Waals surface area contributed by atoms with Crippen LogP contribution in [0, 0.1) is 0 Å². The van der Waals surface area contributed by atoms with E-state index in [4.69, 9.17) is 9.97 Å². The summed E-state index contributed by atoms with van der Waals surface area (Å²) < 4.78 is 4.30. The molecular formula is C28H22N4. The third-order valence-electron chi connectivity index (χ3n) is 6.19. The maximum atomic E-state index is 4.81. The summed E-state index contributed by atoms with van der Waals surface area (Å²) in [5, 5.41) is 0. The number of aryl methyl sites for hydroxylation is 2. The Morgan fingerprint density at radius 2 is 0.781 bits per heavy atom. The van der Waals surface area contributed by atoms with Crippen LogP contribution in [0.2, 0.25) is 0 Å². The van der Waals surface area contributed by atoms with Gasteiger partial charge in [-0.05, 0) is 35.4 Å². The highest BCUT2D eigenvalue weighted by atomic mass is 15.1. The third kappa shape index (κ3) is 2.92. The molecule has 0 N–H and O–H groups in total. The van der Waals surface area contributed by atoms with Gasteiger partial charge in [-0.15, -0.1) is 0 Å². The molecule has 154 valence electrons. The molecule has 0 saturated carbocycles. The minimum absolute atomic E-state index is 0.981. The lowest BCUT2D eigenvalue weighted by Crippen LogP contribution is -1.93. The summed E-state index contributed by atoms with van der Waals surface area (Å²) in [7, 11) is 4.14. The molecule has 6 rings (SSSR count). The molecule has 0 spiro atoms. The SMILES string of the molecule is Cn1c(-c2ccc(-c3ccc(-c4nc5ccccc5n4C)cc3)cc2)nc2ccccc21. The number of hydrogen-bond acceptors (Lipinski definition) is 2. The number of hydrogen-bond donors (Lipinski definition) is 0. The van der Waals surface area contributed by atoms with Crippen molar-refractivity contribution in [1.29, 1.82) is 0 Å². The molecule has 0 aliphatic rings. The maximum absolute atomic E-state index is 4.81. The van der Waals surface area contributed by atoms with E-state index in [9.17, 15) is 0 Å². The molecule has 32 heavy (non-hydrogen) atoms. The molecule has 0 amide bonds. The van der Waals surface area contributed by atoms with Gasteiger partial charge in [0, 0.05) is 25.2 Å². The summed E-state index contributed by atoms with van der Waals surface area (Å²) in [6, 6.07) is 33.7. The van der Waals surface area contributed by atoms with Crippen molar-refractivity contribution in [3.8, 4) is 33.9 Å². The van der Waals surface area contributed by atoms with Gasteiger partial charge in [0.05, 0.1) is 22.1 Å². The maximum Gasteiger partial charge on any atom is 0.140 e. The topological polar surface area (TPSA) is 35.6 Å². The van der Waals surface area contributed by atoms with Crippen LogP contribution in [0.15, 0.2) is 97.1 Å². The fourth-order valence-corrected chi connectivity index (χ4v) is 4.43. The van der Waals surface area contributed by atoms with Gasteiger partial charge in [-0.1, -0.05) is 72.8 Å². The standard InChI is InChI=1S/C28H22N4/c1-31-25-9-5-3-7-23(25)29-27(31)21-15-11-19(12-16-21)20-13-17-22(18-14-20)28-30-24-8-4-6-10-26(24)32(28)2/h3-18H,1-2H3. The first-order valence-electron chi connectivity index (χ1n) is 10.7. The van der Waals surface area contributed by atoms with Crippen LogP contribution in [0.25, 0.3) is 56.0 Å². The number of aromatic nitrogens is 4. The summed E-state index contributed by atoms with van der Waals surface area (Å²) in [6.45, 7) is 0. The summed E-state index contributed by atoms with van der Waals surface area (Å²) >= 11 is 0. The number of imidazole rings is 2. The molecule has 2 heterocycles. The summed E-state index contributed by atoms with van der Waals surface area (Å²) in [5.74, 6) is 1.96. The van der Waals surface area contributed by atoms with E-state index < -0.39 is 0 Å². The molecule has 4 nitrogen and oxygen atoms in total. The van der Waals surface area contributed by atoms with Crippen molar-refractivity contribution in [2.75, 3.05) is 0 Å². The normalized spacial score (nSPS) is 11.4. The van der Waals surface area contributed by atoms with Gasteiger partial charge < -0.3 is 9.13 Å². The van der Waals surface area contributed by atoms with Crippen LogP contribution >= 0.6 is 0 Å². The molecule has 0 atom stereocenters. The van der Waals surface area contributed by atoms with Crippen LogP contribution in [0.4, 0.5) is 0 Å². The fourth-order valence-electron chi connectivity index (χ4n) is 4.43. The van der Waals surface area contributed by atoms with Crippen LogP contribution in [0.3, 0.4) is 0 Å². The first-order chi connectivity index (χ1) is 15.7. The average molecular weight is 415 g/mol. The van der Waals surface area contributed by atoms with Crippen molar-refractivity contribution in [2.24, 2.45) is 14.1 Å². The van der Waals surface area contributed by atoms with Crippen LogP contribution in [0.1, 0.15) is 0 Å². The zero-order chi connectivity index (χ0) is 21.7. The zero-order valence-corrected chi connectivity index (χ0v) is 18.0. The Bertz CT molecular complexity index is 1450. The Morgan fingerprint density at radius 3 is 1.16 bits per heavy atom. The van der Waals surface area contributed by atoms with Gasteiger partial charge in [0.1, 0.15) is 11.6 Å². The molecule has 0 unspecified atom stereocenters. The lowest BCUT2D eigenvalue weighted by Gasteiger charge is -2.07. The molecule has 0 saturated heterocycles. The minimum atomic E-state index is 0.981. The van der Waals surface area contributed by atoms with E-state index in [1.807, 2.05) is 24.3 Å². The first-order valence-corrected chi connectivity index (χ1v) is 10.7. The molecule has 4 heteroatoms. The van der Waals surface area contributed by atoms with E-state index >= 15 is 0 Å². The van der Waals surface area contributed by atoms with E-state index in [1.165, 1.54) is 11.1 Å². The zero-order valence-electron chi connectivity index (χ0n) is 18.0. The van der Waals surface area contributed by atoms with E-state index in [-0.39, 0.29) is 0 Å². The van der Waals surface area contributed by atoms with Crippen LogP contribution in [0.5, 0.6) is 0 Å². The lowest BCUT2D eigenvalue weighted by molar-refractivity contribution is 0.959. The fraction of sp³-hybridized carbons (Fsp3) is 0.0714. The van der Waals surface area contributed by atoms with E-state index in [2.05, 4.69) is 96.0 Å². The second-order valence-electron chi connectivity index (χ2n) is 8.12. The number of rotatable bonds is 3. The lowest BCUT2D eigenvalue weighted by atomic mass is 10.0. The quantitative estimate of drug-likeness (QED) is 0.333. The number of benzene rings is 4. The van der Waals surface area contributed by atoms with Gasteiger partial charge in [-0.25, -0.2) is 9.97 Å². The van der Waals surface area contributed by atoms with Crippen molar-refractivity contribution in [3.05, 3.63) is 97.1 Å². The van der Waals surface area contributed by atoms with Gasteiger partial charge in [0.25, 0.3) is 0 Å². The second kappa shape index (κ2) is 7.20. The smallest absolute Gasteiger partial charge is 0.140 e. The molecule has 0 aliphatic carbocycles. The van der Waals surface area contributed by atoms with Crippen molar-refractivity contribution >= 4 is 22.1 Å². The highest BCUT2D eigenvalue weighted by Gasteiger charge is 2.11. The van der Waals surface area contributed by atoms with Gasteiger partial charge >= 0.3 is 0 Å². The first kappa shape index (κ1) is 18.6. The van der Waals surface area contributed by atoms with Gasteiger partial charge in [0.2, 0.25) is 0 Å². The molecule has 0 bridgehead atoms. The summed E-state index contributed by atoms with van der Waals surface area (Å²) in [5.41, 5.74) is 8.92. The van der Waals surface area contributed by atoms with Crippen LogP contribution in [-0.2, 0) is 14.1 Å². The van der Waals surface area contributed by atoms with E-state index in [0.29, 0.717) is 0 Å². The number of nitrogens with zero attached hydrogens (tertiary/aromatic N) is 4. The Hall–Kier alpha value is -4.18.